The number of aromatic amines is 1. The number of hydrogen-bond acceptors (Lipinski definition) is 7. The minimum Gasteiger partial charge on any atom is -0.784 e. The molecule has 2 atom stereocenters. The van der Waals surface area contributed by atoms with Gasteiger partial charge in [-0.15, -0.1) is 0 Å². The van der Waals surface area contributed by atoms with E-state index in [0.717, 1.165) is 6.07 Å². The Morgan fingerprint density at radius 2 is 2.03 bits per heavy atom. The molecule has 29 heavy (non-hydrogen) atoms. The summed E-state index contributed by atoms with van der Waals surface area (Å²) in [5, 5.41) is 32.0. The quantitative estimate of drug-likeness (QED) is 0.620. The molecule has 11 heteroatoms. The lowest BCUT2D eigenvalue weighted by molar-refractivity contribution is -0.168. The van der Waals surface area contributed by atoms with E-state index in [2.05, 4.69) is 9.97 Å². The molecule has 158 valence electrons. The first-order valence-electron chi connectivity index (χ1n) is 8.93. The van der Waals surface area contributed by atoms with Crippen LogP contribution < -0.4 is 10.5 Å². The molecule has 0 amide bonds. The maximum Gasteiger partial charge on any atom is 0.393 e. The van der Waals surface area contributed by atoms with Gasteiger partial charge >= 0.3 is 6.18 Å². The van der Waals surface area contributed by atoms with Crippen molar-refractivity contribution in [3.63, 3.8) is 0 Å². The summed E-state index contributed by atoms with van der Waals surface area (Å²) in [6, 6.07) is 5.86. The number of nitrogens with zero attached hydrogens (tertiary/aromatic N) is 3. The first kappa shape index (κ1) is 21.1. The molecule has 0 radical (unpaired) electrons. The Kier molecular flexibility index (Phi) is 6.10. The molecule has 1 aliphatic heterocycles. The van der Waals surface area contributed by atoms with Crippen LogP contribution in [-0.4, -0.2) is 51.1 Å². The fourth-order valence-electron chi connectivity index (χ4n) is 3.27. The molecule has 1 aromatic heterocycles. The molecule has 0 saturated carbocycles. The number of anilines is 1. The van der Waals surface area contributed by atoms with Crippen molar-refractivity contribution < 1.29 is 23.4 Å². The van der Waals surface area contributed by atoms with Gasteiger partial charge in [-0.1, -0.05) is 12.1 Å². The van der Waals surface area contributed by atoms with Crippen LogP contribution in [-0.2, 0) is 6.54 Å². The average Bonchev–Trinajstić information content (AvgIpc) is 3.14. The van der Waals surface area contributed by atoms with Gasteiger partial charge in [-0.25, -0.2) is 4.98 Å². The first-order chi connectivity index (χ1) is 13.7. The third-order valence-electron chi connectivity index (χ3n) is 4.85. The zero-order chi connectivity index (χ0) is 21.2. The van der Waals surface area contributed by atoms with Crippen LogP contribution in [0.3, 0.4) is 0 Å². The van der Waals surface area contributed by atoms with Gasteiger partial charge in [-0.2, -0.15) is 13.2 Å². The zero-order valence-electron chi connectivity index (χ0n) is 15.3. The number of alkyl halides is 3. The molecule has 1 aromatic carbocycles. The van der Waals surface area contributed by atoms with E-state index >= 15 is 0 Å². The highest BCUT2D eigenvalue weighted by molar-refractivity contribution is 5.33. The maximum absolute atomic E-state index is 12.9. The van der Waals surface area contributed by atoms with Crippen molar-refractivity contribution in [3.05, 3.63) is 57.2 Å². The number of nitrogens with one attached hydrogen (secondary N) is 1. The molecule has 1 aliphatic rings. The van der Waals surface area contributed by atoms with Crippen LogP contribution in [0.5, 0.6) is 5.75 Å². The third-order valence-corrected chi connectivity index (χ3v) is 4.85. The van der Waals surface area contributed by atoms with E-state index < -0.39 is 30.3 Å². The number of hydroxylamine groups is 2. The normalized spacial score (nSPS) is 18.4. The molecule has 0 aliphatic carbocycles. The highest BCUT2D eigenvalue weighted by Crippen LogP contribution is 2.34. The lowest BCUT2D eigenvalue weighted by Crippen LogP contribution is -2.31. The molecular weight excluding hydrogens is 393 g/mol. The van der Waals surface area contributed by atoms with E-state index in [0.29, 0.717) is 10.6 Å². The summed E-state index contributed by atoms with van der Waals surface area (Å²) in [6.07, 6.45) is -4.42. The first-order valence-corrected chi connectivity index (χ1v) is 8.93. The summed E-state index contributed by atoms with van der Waals surface area (Å²) in [4.78, 5) is 19.8. The van der Waals surface area contributed by atoms with Gasteiger partial charge in [-0.05, 0) is 24.1 Å². The monoisotopic (exact) mass is 413 g/mol. The number of halogens is 3. The Hall–Kier alpha value is -2.63. The van der Waals surface area contributed by atoms with E-state index in [1.54, 1.807) is 0 Å². The summed E-state index contributed by atoms with van der Waals surface area (Å²) < 4.78 is 38.7. The standard InChI is InChI=1S/C18H20F3N4O4/c19-18(20,21)12-5-6-24(8-12)17-22-13(7-16(28)23-17)9-25(29)15(10-26)11-1-3-14(27)4-2-11/h1-4,7,12,15,26-27H,5-6,8-10H2,(H,22,23,28)/q-1. The number of rotatable bonds is 6. The summed E-state index contributed by atoms with van der Waals surface area (Å²) in [6.45, 7) is -1.09. The van der Waals surface area contributed by atoms with E-state index in [-0.39, 0.29) is 43.4 Å². The fourth-order valence-corrected chi connectivity index (χ4v) is 3.27. The number of aromatic hydroxyl groups is 1. The van der Waals surface area contributed by atoms with Crippen molar-refractivity contribution >= 4 is 5.95 Å². The van der Waals surface area contributed by atoms with Crippen molar-refractivity contribution in [3.8, 4) is 5.75 Å². The maximum atomic E-state index is 12.9. The predicted octanol–water partition coefficient (Wildman–Crippen LogP) is 1.90. The zero-order valence-corrected chi connectivity index (χ0v) is 15.3. The molecule has 1 fully saturated rings. The van der Waals surface area contributed by atoms with Gasteiger partial charge < -0.3 is 25.4 Å². The van der Waals surface area contributed by atoms with Gasteiger partial charge in [-0.3, -0.25) is 9.78 Å². The van der Waals surface area contributed by atoms with Crippen molar-refractivity contribution in [2.75, 3.05) is 24.6 Å². The number of H-pyrrole nitrogens is 1. The Balaban J connectivity index is 1.76. The van der Waals surface area contributed by atoms with Gasteiger partial charge in [0.25, 0.3) is 5.56 Å². The Morgan fingerprint density at radius 1 is 1.34 bits per heavy atom. The van der Waals surface area contributed by atoms with Crippen LogP contribution in [0.15, 0.2) is 35.1 Å². The minimum atomic E-state index is -4.32. The van der Waals surface area contributed by atoms with Gasteiger partial charge in [0.05, 0.1) is 18.2 Å². The number of aliphatic hydroxyl groups excluding tert-OH is 1. The average molecular weight is 413 g/mol. The van der Waals surface area contributed by atoms with E-state index in [9.17, 15) is 33.4 Å². The Morgan fingerprint density at radius 3 is 2.62 bits per heavy atom. The topological polar surface area (TPSA) is 116 Å². The van der Waals surface area contributed by atoms with E-state index in [1.165, 1.54) is 29.2 Å². The molecule has 0 spiro atoms. The molecule has 2 aromatic rings. The molecule has 2 heterocycles. The summed E-state index contributed by atoms with van der Waals surface area (Å²) in [5.74, 6) is -1.51. The van der Waals surface area contributed by atoms with Crippen molar-refractivity contribution in [1.29, 1.82) is 0 Å². The largest absolute Gasteiger partial charge is 0.784 e. The van der Waals surface area contributed by atoms with Gasteiger partial charge in [0.2, 0.25) is 5.95 Å². The van der Waals surface area contributed by atoms with E-state index in [1.807, 2.05) is 0 Å². The number of aromatic nitrogens is 2. The van der Waals surface area contributed by atoms with Crippen molar-refractivity contribution in [2.45, 2.75) is 25.2 Å². The van der Waals surface area contributed by atoms with Crippen LogP contribution in [0, 0.1) is 11.1 Å². The predicted molar refractivity (Wildman–Crippen MR) is 98.1 cm³/mol. The summed E-state index contributed by atoms with van der Waals surface area (Å²) in [5.41, 5.74) is -0.0524. The fraction of sp³-hybridized carbons (Fsp3) is 0.444. The Labute approximate surface area is 163 Å². The lowest BCUT2D eigenvalue weighted by Gasteiger charge is -2.36. The smallest absolute Gasteiger partial charge is 0.393 e. The molecule has 3 N–H and O–H groups in total. The summed E-state index contributed by atoms with van der Waals surface area (Å²) in [7, 11) is 0. The molecule has 8 nitrogen and oxygen atoms in total. The van der Waals surface area contributed by atoms with E-state index in [4.69, 9.17) is 0 Å². The lowest BCUT2D eigenvalue weighted by atomic mass is 10.1. The molecular formula is C18H20F3N4O4-. The second-order valence-corrected chi connectivity index (χ2v) is 6.90. The Bertz CT molecular complexity index is 888. The van der Waals surface area contributed by atoms with Crippen LogP contribution >= 0.6 is 0 Å². The molecule has 2 unspecified atom stereocenters. The molecule has 3 rings (SSSR count). The highest BCUT2D eigenvalue weighted by atomic mass is 19.4. The second kappa shape index (κ2) is 8.39. The van der Waals surface area contributed by atoms with Gasteiger partial charge in [0.1, 0.15) is 5.75 Å². The number of aliphatic hydroxyl groups is 1. The van der Waals surface area contributed by atoms with Crippen LogP contribution in [0.1, 0.15) is 23.7 Å². The number of benzene rings is 1. The number of phenols is 1. The third kappa shape index (κ3) is 5.05. The van der Waals surface area contributed by atoms with Crippen molar-refractivity contribution in [2.24, 2.45) is 5.92 Å². The SMILES string of the molecule is O=c1cc(CN([O-])C(CO)c2ccc(O)cc2)nc(N2CCC(C(F)(F)F)C2)[nH]1. The number of phenolic OH excluding ortho intramolecular Hbond substituents is 1. The second-order valence-electron chi connectivity index (χ2n) is 6.90. The van der Waals surface area contributed by atoms with Gasteiger partial charge in [0, 0.05) is 31.7 Å². The minimum absolute atomic E-state index is 0.00608. The van der Waals surface area contributed by atoms with Crippen LogP contribution in [0.4, 0.5) is 19.1 Å². The van der Waals surface area contributed by atoms with Crippen molar-refractivity contribution in [1.82, 2.24) is 15.0 Å². The molecule has 1 saturated heterocycles. The van der Waals surface area contributed by atoms with Gasteiger partial charge in [0.15, 0.2) is 0 Å². The number of hydrogen-bond donors (Lipinski definition) is 3. The highest BCUT2D eigenvalue weighted by Gasteiger charge is 2.44. The summed E-state index contributed by atoms with van der Waals surface area (Å²) >= 11 is 0. The van der Waals surface area contributed by atoms with Crippen LogP contribution in [0.2, 0.25) is 0 Å². The van der Waals surface area contributed by atoms with Crippen LogP contribution in [0.25, 0.3) is 0 Å². The molecule has 0 bridgehead atoms.